The number of aryl methyl sites for hydroxylation is 2. The van der Waals surface area contributed by atoms with Crippen molar-refractivity contribution in [2.75, 3.05) is 19.0 Å². The Labute approximate surface area is 118 Å². The highest BCUT2D eigenvalue weighted by Crippen LogP contribution is 2.37. The van der Waals surface area contributed by atoms with Crippen LogP contribution < -0.4 is 4.74 Å². The molecule has 0 aromatic heterocycles. The van der Waals surface area contributed by atoms with E-state index in [4.69, 9.17) is 9.47 Å². The normalized spacial score (nSPS) is 14.4. The molecule has 0 saturated carbocycles. The molecule has 0 unspecified atom stereocenters. The molecular weight excluding hydrogens is 260 g/mol. The number of fused-ring (bicyclic) bond motifs is 2. The summed E-state index contributed by atoms with van der Waals surface area (Å²) in [6, 6.07) is 4.30. The van der Waals surface area contributed by atoms with E-state index in [1.54, 1.807) is 6.92 Å². The van der Waals surface area contributed by atoms with E-state index in [9.17, 15) is 4.79 Å². The molecule has 4 heteroatoms. The third-order valence-electron chi connectivity index (χ3n) is 3.01. The summed E-state index contributed by atoms with van der Waals surface area (Å²) in [6.45, 7) is 4.29. The van der Waals surface area contributed by atoms with Crippen molar-refractivity contribution in [2.45, 2.75) is 38.0 Å². The second-order valence-electron chi connectivity index (χ2n) is 4.65. The van der Waals surface area contributed by atoms with Crippen LogP contribution in [0, 0.1) is 6.92 Å². The monoisotopic (exact) mass is 280 g/mol. The van der Waals surface area contributed by atoms with Gasteiger partial charge in [0.15, 0.2) is 6.61 Å². The fourth-order valence-electron chi connectivity index (χ4n) is 2.20. The van der Waals surface area contributed by atoms with Crippen molar-refractivity contribution in [3.8, 4) is 5.75 Å². The van der Waals surface area contributed by atoms with Crippen LogP contribution in [0.4, 0.5) is 0 Å². The molecule has 2 bridgehead atoms. The van der Waals surface area contributed by atoms with Gasteiger partial charge in [-0.15, -0.1) is 11.8 Å². The summed E-state index contributed by atoms with van der Waals surface area (Å²) in [4.78, 5) is 12.6. The summed E-state index contributed by atoms with van der Waals surface area (Å²) >= 11 is 1.81. The molecule has 0 saturated heterocycles. The Bertz CT molecular complexity index is 430. The van der Waals surface area contributed by atoms with Crippen molar-refractivity contribution in [1.82, 2.24) is 0 Å². The molecule has 104 valence electrons. The first-order chi connectivity index (χ1) is 9.20. The minimum absolute atomic E-state index is 0.00252. The molecule has 1 aliphatic rings. The molecule has 0 radical (unpaired) electrons. The van der Waals surface area contributed by atoms with Gasteiger partial charge in [0.05, 0.1) is 6.61 Å². The summed E-state index contributed by atoms with van der Waals surface area (Å²) in [5, 5.41) is 0. The molecule has 0 spiro atoms. The third kappa shape index (κ3) is 3.90. The smallest absolute Gasteiger partial charge is 0.344 e. The lowest BCUT2D eigenvalue weighted by Crippen LogP contribution is -2.16. The highest BCUT2D eigenvalue weighted by Gasteiger charge is 2.16. The lowest BCUT2D eigenvalue weighted by atomic mass is 10.0. The maximum atomic E-state index is 11.4. The predicted molar refractivity (Wildman–Crippen MR) is 77.0 cm³/mol. The van der Waals surface area contributed by atoms with E-state index in [2.05, 4.69) is 19.1 Å². The SMILES string of the molecule is CCOC(=O)COc1c2cc(C)cc1SCCCC2. The molecule has 0 fully saturated rings. The largest absolute Gasteiger partial charge is 0.480 e. The molecule has 1 aromatic carbocycles. The Hall–Kier alpha value is -1.16. The highest BCUT2D eigenvalue weighted by atomic mass is 32.2. The molecule has 2 rings (SSSR count). The van der Waals surface area contributed by atoms with Crippen LogP contribution >= 0.6 is 11.8 Å². The van der Waals surface area contributed by atoms with Crippen LogP contribution in [0.2, 0.25) is 0 Å². The van der Waals surface area contributed by atoms with Gasteiger partial charge in [-0.2, -0.15) is 0 Å². The second kappa shape index (κ2) is 6.85. The van der Waals surface area contributed by atoms with E-state index in [1.165, 1.54) is 24.0 Å². The summed E-state index contributed by atoms with van der Waals surface area (Å²) in [5.74, 6) is 1.68. The first-order valence-electron chi connectivity index (χ1n) is 6.75. The van der Waals surface area contributed by atoms with Crippen LogP contribution in [0.5, 0.6) is 5.75 Å². The first kappa shape index (κ1) is 14.3. The van der Waals surface area contributed by atoms with Crippen LogP contribution in [-0.4, -0.2) is 24.9 Å². The van der Waals surface area contributed by atoms with Crippen molar-refractivity contribution in [3.63, 3.8) is 0 Å². The van der Waals surface area contributed by atoms with Gasteiger partial charge in [-0.1, -0.05) is 6.07 Å². The van der Waals surface area contributed by atoms with Gasteiger partial charge in [-0.25, -0.2) is 4.79 Å². The third-order valence-corrected chi connectivity index (χ3v) is 4.12. The Morgan fingerprint density at radius 2 is 2.21 bits per heavy atom. The average Bonchev–Trinajstić information content (AvgIpc) is 2.36. The van der Waals surface area contributed by atoms with Gasteiger partial charge in [0.2, 0.25) is 0 Å². The number of esters is 1. The van der Waals surface area contributed by atoms with Crippen LogP contribution in [0.25, 0.3) is 0 Å². The molecule has 1 aliphatic heterocycles. The first-order valence-corrected chi connectivity index (χ1v) is 7.74. The zero-order chi connectivity index (χ0) is 13.7. The second-order valence-corrected chi connectivity index (χ2v) is 5.79. The van der Waals surface area contributed by atoms with Gasteiger partial charge in [-0.05, 0) is 56.1 Å². The molecular formula is C15H20O3S. The number of carbonyl (C=O) groups excluding carboxylic acids is 1. The lowest BCUT2D eigenvalue weighted by Gasteiger charge is -2.18. The van der Waals surface area contributed by atoms with E-state index in [0.29, 0.717) is 6.61 Å². The van der Waals surface area contributed by atoms with E-state index >= 15 is 0 Å². The topological polar surface area (TPSA) is 35.5 Å². The molecule has 19 heavy (non-hydrogen) atoms. The maximum Gasteiger partial charge on any atom is 0.344 e. The van der Waals surface area contributed by atoms with Crippen LogP contribution in [-0.2, 0) is 16.0 Å². The van der Waals surface area contributed by atoms with Crippen molar-refractivity contribution < 1.29 is 14.3 Å². The number of hydrogen-bond acceptors (Lipinski definition) is 4. The number of benzene rings is 1. The van der Waals surface area contributed by atoms with E-state index in [0.717, 1.165) is 22.8 Å². The van der Waals surface area contributed by atoms with Gasteiger partial charge < -0.3 is 9.47 Å². The minimum Gasteiger partial charge on any atom is -0.480 e. The summed E-state index contributed by atoms with van der Waals surface area (Å²) in [5.41, 5.74) is 2.47. The van der Waals surface area contributed by atoms with Crippen LogP contribution in [0.3, 0.4) is 0 Å². The van der Waals surface area contributed by atoms with E-state index in [1.807, 2.05) is 11.8 Å². The summed E-state index contributed by atoms with van der Waals surface area (Å²) in [6.07, 6.45) is 3.42. The van der Waals surface area contributed by atoms with Gasteiger partial charge in [0, 0.05) is 4.90 Å². The van der Waals surface area contributed by atoms with Gasteiger partial charge in [0.1, 0.15) is 5.75 Å². The Morgan fingerprint density at radius 3 is 3.00 bits per heavy atom. The van der Waals surface area contributed by atoms with Gasteiger partial charge >= 0.3 is 5.97 Å². The Balaban J connectivity index is 2.17. The van der Waals surface area contributed by atoms with Crippen LogP contribution in [0.15, 0.2) is 17.0 Å². The molecule has 0 aliphatic carbocycles. The van der Waals surface area contributed by atoms with Crippen molar-refractivity contribution in [3.05, 3.63) is 23.3 Å². The molecule has 1 heterocycles. The van der Waals surface area contributed by atoms with E-state index in [-0.39, 0.29) is 12.6 Å². The minimum atomic E-state index is -0.304. The fourth-order valence-corrected chi connectivity index (χ4v) is 3.36. The zero-order valence-electron chi connectivity index (χ0n) is 11.5. The van der Waals surface area contributed by atoms with Crippen molar-refractivity contribution in [1.29, 1.82) is 0 Å². The summed E-state index contributed by atoms with van der Waals surface area (Å²) in [7, 11) is 0. The number of ether oxygens (including phenoxy) is 2. The fraction of sp³-hybridized carbons (Fsp3) is 0.533. The molecule has 1 aromatic rings. The molecule has 0 amide bonds. The Kier molecular flexibility index (Phi) is 5.14. The van der Waals surface area contributed by atoms with Crippen LogP contribution in [0.1, 0.15) is 30.9 Å². The van der Waals surface area contributed by atoms with Crippen molar-refractivity contribution >= 4 is 17.7 Å². The zero-order valence-corrected chi connectivity index (χ0v) is 12.3. The van der Waals surface area contributed by atoms with Gasteiger partial charge in [-0.3, -0.25) is 0 Å². The number of carbonyl (C=O) groups is 1. The maximum absolute atomic E-state index is 11.4. The summed E-state index contributed by atoms with van der Waals surface area (Å²) < 4.78 is 10.6. The number of thioether (sulfide) groups is 1. The number of hydrogen-bond donors (Lipinski definition) is 0. The van der Waals surface area contributed by atoms with E-state index < -0.39 is 0 Å². The average molecular weight is 280 g/mol. The predicted octanol–water partition coefficient (Wildman–Crippen LogP) is 3.37. The Morgan fingerprint density at radius 1 is 1.37 bits per heavy atom. The molecule has 0 atom stereocenters. The quantitative estimate of drug-likeness (QED) is 0.792. The standard InChI is InChI=1S/C15H20O3S/c1-3-17-14(16)10-18-15-12-6-4-5-7-19-13(15)9-11(2)8-12/h8-9H,3-7,10H2,1-2H3. The molecule has 0 N–H and O–H groups in total. The number of rotatable bonds is 4. The highest BCUT2D eigenvalue weighted by molar-refractivity contribution is 7.99. The van der Waals surface area contributed by atoms with Crippen molar-refractivity contribution in [2.24, 2.45) is 0 Å². The lowest BCUT2D eigenvalue weighted by molar-refractivity contribution is -0.145. The van der Waals surface area contributed by atoms with Gasteiger partial charge in [0.25, 0.3) is 0 Å². The molecule has 3 nitrogen and oxygen atoms in total.